The van der Waals surface area contributed by atoms with Crippen molar-refractivity contribution in [2.24, 2.45) is 0 Å². The number of nitrogens with zero attached hydrogens (tertiary/aromatic N) is 2. The van der Waals surface area contributed by atoms with Crippen LogP contribution in [0.15, 0.2) is 24.4 Å². The van der Waals surface area contributed by atoms with Gasteiger partial charge in [0.25, 0.3) is 0 Å². The number of aryl methyl sites for hydroxylation is 1. The number of carbonyl (C=O) groups excluding carboxylic acids is 1. The lowest BCUT2D eigenvalue weighted by Crippen LogP contribution is -2.65. The van der Waals surface area contributed by atoms with Crippen LogP contribution in [0.2, 0.25) is 0 Å². The van der Waals surface area contributed by atoms with E-state index < -0.39 is 23.8 Å². The maximum absolute atomic E-state index is 14.1. The highest BCUT2D eigenvalue weighted by Crippen LogP contribution is 2.31. The average molecular weight is 530 g/mol. The van der Waals surface area contributed by atoms with Crippen molar-refractivity contribution in [1.29, 1.82) is 0 Å². The second-order valence-corrected chi connectivity index (χ2v) is 9.56. The Morgan fingerprint density at radius 3 is 2.46 bits per heavy atom. The molecule has 1 saturated carbocycles. The average Bonchev–Trinajstić information content (AvgIpc) is 3.25. The number of amides is 1. The van der Waals surface area contributed by atoms with Crippen molar-refractivity contribution in [3.63, 3.8) is 0 Å². The van der Waals surface area contributed by atoms with E-state index in [1.807, 2.05) is 6.20 Å². The third kappa shape index (κ3) is 6.27. The Labute approximate surface area is 209 Å². The number of alkyl halides is 3. The van der Waals surface area contributed by atoms with Gasteiger partial charge in [-0.15, -0.1) is 0 Å². The van der Waals surface area contributed by atoms with Gasteiger partial charge in [-0.1, -0.05) is 0 Å². The molecule has 3 aliphatic rings. The van der Waals surface area contributed by atoms with Crippen LogP contribution in [0.25, 0.3) is 11.3 Å². The van der Waals surface area contributed by atoms with Gasteiger partial charge in [-0.25, -0.2) is 18.6 Å². The molecule has 1 aliphatic carbocycles. The monoisotopic (exact) mass is 529 g/mol. The predicted molar refractivity (Wildman–Crippen MR) is 123 cm³/mol. The summed E-state index contributed by atoms with van der Waals surface area (Å²) >= 11 is 0. The Hall–Kier alpha value is -3.06. The SMILES string of the molecule is O=C(O)C(F)(F)F.O=C1NCCNC12CCC(NC1CCc3nc(-c4ccc(F)cc4F)cn3C1)CC2. The number of halogens is 5. The van der Waals surface area contributed by atoms with E-state index in [4.69, 9.17) is 9.90 Å². The van der Waals surface area contributed by atoms with Gasteiger partial charge in [-0.3, -0.25) is 4.79 Å². The molecule has 2 aliphatic heterocycles. The molecule has 2 aromatic rings. The Morgan fingerprint density at radius 1 is 1.14 bits per heavy atom. The number of hydrogen-bond acceptors (Lipinski definition) is 5. The first-order valence-corrected chi connectivity index (χ1v) is 12.1. The zero-order valence-corrected chi connectivity index (χ0v) is 19.9. The van der Waals surface area contributed by atoms with Crippen LogP contribution in [-0.2, 0) is 22.6 Å². The van der Waals surface area contributed by atoms with Crippen LogP contribution in [0.5, 0.6) is 0 Å². The number of aliphatic carboxylic acids is 1. The van der Waals surface area contributed by atoms with E-state index in [2.05, 4.69) is 25.5 Å². The summed E-state index contributed by atoms with van der Waals surface area (Å²) in [4.78, 5) is 25.8. The molecule has 1 aromatic carbocycles. The number of benzene rings is 1. The minimum absolute atomic E-state index is 0.147. The van der Waals surface area contributed by atoms with Crippen molar-refractivity contribution in [2.45, 2.75) is 68.9 Å². The van der Waals surface area contributed by atoms with E-state index >= 15 is 0 Å². The van der Waals surface area contributed by atoms with E-state index in [-0.39, 0.29) is 11.4 Å². The number of fused-ring (bicyclic) bond motifs is 1. The van der Waals surface area contributed by atoms with Crippen LogP contribution in [0.1, 0.15) is 37.9 Å². The summed E-state index contributed by atoms with van der Waals surface area (Å²) in [5.74, 6) is -2.84. The minimum atomic E-state index is -5.08. The molecule has 5 rings (SSSR count). The number of carbonyl (C=O) groups is 2. The standard InChI is InChI=1S/C22H27F2N5O.C2HF3O2/c23-14-1-3-17(18(24)11-14)19-13-29-12-16(2-4-20(29)28-19)27-15-5-7-22(8-6-15)21(30)25-9-10-26-22;3-2(4,5)1(6)7/h1,3,11,13,15-16,26-27H,2,4-10,12H2,(H,25,30);(H,6,7). The van der Waals surface area contributed by atoms with Crippen molar-refractivity contribution in [3.05, 3.63) is 41.9 Å². The van der Waals surface area contributed by atoms with Crippen molar-refractivity contribution in [2.75, 3.05) is 13.1 Å². The molecular formula is C24H28F5N5O3. The fourth-order valence-electron chi connectivity index (χ4n) is 5.15. The highest BCUT2D eigenvalue weighted by atomic mass is 19.4. The molecular weight excluding hydrogens is 501 g/mol. The summed E-state index contributed by atoms with van der Waals surface area (Å²) in [7, 11) is 0. The maximum atomic E-state index is 14.1. The Bertz CT molecular complexity index is 1140. The molecule has 3 heterocycles. The molecule has 1 aromatic heterocycles. The van der Waals surface area contributed by atoms with Crippen molar-refractivity contribution in [1.82, 2.24) is 25.5 Å². The number of nitrogens with one attached hydrogen (secondary N) is 3. The van der Waals surface area contributed by atoms with Crippen LogP contribution in [0.3, 0.4) is 0 Å². The number of carboxylic acids is 1. The van der Waals surface area contributed by atoms with Gasteiger partial charge >= 0.3 is 12.1 Å². The molecule has 13 heteroatoms. The molecule has 1 amide bonds. The molecule has 1 saturated heterocycles. The van der Waals surface area contributed by atoms with Crippen LogP contribution in [0.4, 0.5) is 22.0 Å². The molecule has 0 radical (unpaired) electrons. The van der Waals surface area contributed by atoms with Gasteiger partial charge in [0.2, 0.25) is 5.91 Å². The van der Waals surface area contributed by atoms with E-state index in [9.17, 15) is 26.7 Å². The fraction of sp³-hybridized carbons (Fsp3) is 0.542. The molecule has 1 spiro atoms. The number of hydrogen-bond donors (Lipinski definition) is 4. The highest BCUT2D eigenvalue weighted by Gasteiger charge is 2.43. The van der Waals surface area contributed by atoms with Crippen LogP contribution in [0, 0.1) is 11.6 Å². The molecule has 202 valence electrons. The van der Waals surface area contributed by atoms with Gasteiger partial charge in [-0.05, 0) is 44.2 Å². The maximum Gasteiger partial charge on any atom is 0.490 e. The number of piperazine rings is 1. The number of imidazole rings is 1. The first kappa shape index (κ1) is 27.0. The van der Waals surface area contributed by atoms with E-state index in [1.165, 1.54) is 12.1 Å². The van der Waals surface area contributed by atoms with Crippen LogP contribution < -0.4 is 16.0 Å². The predicted octanol–water partition coefficient (Wildman–Crippen LogP) is 2.77. The van der Waals surface area contributed by atoms with Crippen molar-refractivity contribution >= 4 is 11.9 Å². The largest absolute Gasteiger partial charge is 0.490 e. The van der Waals surface area contributed by atoms with Gasteiger partial charge in [0.05, 0.1) is 11.2 Å². The summed E-state index contributed by atoms with van der Waals surface area (Å²) in [5.41, 5.74) is 0.505. The summed E-state index contributed by atoms with van der Waals surface area (Å²) in [6.45, 7) is 2.33. The van der Waals surface area contributed by atoms with Gasteiger partial charge in [0.1, 0.15) is 17.5 Å². The lowest BCUT2D eigenvalue weighted by Gasteiger charge is -2.43. The smallest absolute Gasteiger partial charge is 0.475 e. The second kappa shape index (κ2) is 10.7. The number of rotatable bonds is 3. The van der Waals surface area contributed by atoms with Crippen molar-refractivity contribution < 1.29 is 36.6 Å². The summed E-state index contributed by atoms with van der Waals surface area (Å²) < 4.78 is 61.2. The number of carboxylic acid groups (broad SMARTS) is 1. The zero-order valence-electron chi connectivity index (χ0n) is 19.9. The molecule has 8 nitrogen and oxygen atoms in total. The molecule has 1 unspecified atom stereocenters. The lowest BCUT2D eigenvalue weighted by molar-refractivity contribution is -0.192. The summed E-state index contributed by atoms with van der Waals surface area (Å²) in [5, 5.41) is 17.3. The van der Waals surface area contributed by atoms with Gasteiger partial charge in [-0.2, -0.15) is 13.2 Å². The lowest BCUT2D eigenvalue weighted by atomic mass is 9.77. The van der Waals surface area contributed by atoms with E-state index in [0.717, 1.165) is 63.5 Å². The van der Waals surface area contributed by atoms with E-state index in [1.54, 1.807) is 0 Å². The Balaban J connectivity index is 0.000000405. The highest BCUT2D eigenvalue weighted by molar-refractivity contribution is 5.87. The van der Waals surface area contributed by atoms with E-state index in [0.29, 0.717) is 29.9 Å². The first-order chi connectivity index (χ1) is 17.5. The molecule has 37 heavy (non-hydrogen) atoms. The van der Waals surface area contributed by atoms with Crippen LogP contribution >= 0.6 is 0 Å². The topological polar surface area (TPSA) is 108 Å². The van der Waals surface area contributed by atoms with Gasteiger partial charge in [0, 0.05) is 56.0 Å². The Morgan fingerprint density at radius 2 is 1.84 bits per heavy atom. The molecule has 2 fully saturated rings. The zero-order chi connectivity index (χ0) is 26.8. The summed E-state index contributed by atoms with van der Waals surface area (Å²) in [6.07, 6.45) is 2.23. The minimum Gasteiger partial charge on any atom is -0.475 e. The van der Waals surface area contributed by atoms with Crippen molar-refractivity contribution in [3.8, 4) is 11.3 Å². The second-order valence-electron chi connectivity index (χ2n) is 9.56. The normalized spacial score (nSPS) is 25.6. The quantitative estimate of drug-likeness (QED) is 0.456. The Kier molecular flexibility index (Phi) is 7.83. The van der Waals surface area contributed by atoms with Gasteiger partial charge < -0.3 is 25.6 Å². The molecule has 4 N–H and O–H groups in total. The molecule has 0 bridgehead atoms. The third-order valence-corrected chi connectivity index (χ3v) is 7.06. The fourth-order valence-corrected chi connectivity index (χ4v) is 5.15. The first-order valence-electron chi connectivity index (χ1n) is 12.1. The third-order valence-electron chi connectivity index (χ3n) is 7.06. The molecule has 1 atom stereocenters. The van der Waals surface area contributed by atoms with Crippen LogP contribution in [-0.4, -0.2) is 63.4 Å². The van der Waals surface area contributed by atoms with Gasteiger partial charge in [0.15, 0.2) is 0 Å². The number of aromatic nitrogens is 2. The summed E-state index contributed by atoms with van der Waals surface area (Å²) in [6, 6.07) is 4.33.